The van der Waals surface area contributed by atoms with E-state index in [1.165, 1.54) is 0 Å². The summed E-state index contributed by atoms with van der Waals surface area (Å²) in [5.41, 5.74) is 1.67. The van der Waals surface area contributed by atoms with E-state index in [1.54, 1.807) is 4.68 Å². The van der Waals surface area contributed by atoms with Crippen LogP contribution in [0.5, 0.6) is 0 Å². The lowest BCUT2D eigenvalue weighted by atomic mass is 9.97. The number of aryl methyl sites for hydroxylation is 2. The van der Waals surface area contributed by atoms with Gasteiger partial charge in [-0.05, 0) is 24.8 Å². The quantitative estimate of drug-likeness (QED) is 0.820. The number of hydrogen-bond donors (Lipinski definition) is 1. The van der Waals surface area contributed by atoms with Crippen LogP contribution in [0.2, 0.25) is 0 Å². The van der Waals surface area contributed by atoms with Gasteiger partial charge in [-0.25, -0.2) is 0 Å². The fourth-order valence-corrected chi connectivity index (χ4v) is 1.72. The zero-order valence-corrected chi connectivity index (χ0v) is 13.2. The van der Waals surface area contributed by atoms with Gasteiger partial charge in [-0.15, -0.1) is 0 Å². The first-order chi connectivity index (χ1) is 8.43. The topological polar surface area (TPSA) is 46.9 Å². The van der Waals surface area contributed by atoms with E-state index in [2.05, 4.69) is 40.2 Å². The Labute approximate surface area is 117 Å². The molecule has 0 unspecified atom stereocenters. The molecule has 5 heteroatoms. The zero-order chi connectivity index (χ0) is 13.8. The molecule has 0 saturated carbocycles. The van der Waals surface area contributed by atoms with Crippen molar-refractivity contribution in [2.45, 2.75) is 40.7 Å². The summed E-state index contributed by atoms with van der Waals surface area (Å²) in [6.07, 6.45) is 0.847. The van der Waals surface area contributed by atoms with Crippen LogP contribution in [-0.4, -0.2) is 27.6 Å². The van der Waals surface area contributed by atoms with Crippen molar-refractivity contribution in [1.29, 1.82) is 0 Å². The van der Waals surface area contributed by atoms with Crippen LogP contribution < -0.4 is 5.32 Å². The second kappa shape index (κ2) is 6.36. The van der Waals surface area contributed by atoms with Crippen molar-refractivity contribution in [3.8, 4) is 0 Å². The van der Waals surface area contributed by atoms with Crippen LogP contribution in [0.15, 0.2) is 6.07 Å². The standard InChI is InChI=1S/C13H22BrN3O/c1-5-10-7-11(17(6-2)16-10)12(18)15-9-13(3,4)8-14/h7H,5-6,8-9H2,1-4H3,(H,15,18). The van der Waals surface area contributed by atoms with E-state index in [4.69, 9.17) is 0 Å². The maximum absolute atomic E-state index is 12.1. The predicted molar refractivity (Wildman–Crippen MR) is 77.2 cm³/mol. The van der Waals surface area contributed by atoms with Crippen LogP contribution in [0.3, 0.4) is 0 Å². The lowest BCUT2D eigenvalue weighted by molar-refractivity contribution is 0.0929. The molecule has 102 valence electrons. The van der Waals surface area contributed by atoms with Gasteiger partial charge in [0.1, 0.15) is 5.69 Å². The van der Waals surface area contributed by atoms with Crippen molar-refractivity contribution in [2.75, 3.05) is 11.9 Å². The number of carbonyl (C=O) groups is 1. The summed E-state index contributed by atoms with van der Waals surface area (Å²) >= 11 is 3.45. The largest absolute Gasteiger partial charge is 0.350 e. The van der Waals surface area contributed by atoms with Crippen molar-refractivity contribution in [3.05, 3.63) is 17.5 Å². The summed E-state index contributed by atoms with van der Waals surface area (Å²) in [6, 6.07) is 1.87. The van der Waals surface area contributed by atoms with Crippen LogP contribution >= 0.6 is 15.9 Å². The molecule has 1 rings (SSSR count). The molecule has 0 bridgehead atoms. The molecule has 0 aliphatic heterocycles. The highest BCUT2D eigenvalue weighted by atomic mass is 79.9. The van der Waals surface area contributed by atoms with Crippen LogP contribution in [0.4, 0.5) is 0 Å². The lowest BCUT2D eigenvalue weighted by Crippen LogP contribution is -2.35. The highest BCUT2D eigenvalue weighted by Crippen LogP contribution is 2.16. The third-order valence-electron chi connectivity index (χ3n) is 2.81. The third kappa shape index (κ3) is 3.83. The van der Waals surface area contributed by atoms with E-state index in [0.717, 1.165) is 17.4 Å². The first-order valence-electron chi connectivity index (χ1n) is 6.34. The maximum atomic E-state index is 12.1. The first-order valence-corrected chi connectivity index (χ1v) is 7.46. The summed E-state index contributed by atoms with van der Waals surface area (Å²) in [6.45, 7) is 9.61. The van der Waals surface area contributed by atoms with Crippen LogP contribution in [-0.2, 0) is 13.0 Å². The van der Waals surface area contributed by atoms with Crippen LogP contribution in [0.1, 0.15) is 43.9 Å². The second-order valence-electron chi connectivity index (χ2n) is 5.17. The normalized spacial score (nSPS) is 11.6. The minimum atomic E-state index is -0.0434. The molecule has 18 heavy (non-hydrogen) atoms. The Bertz CT molecular complexity index is 412. The second-order valence-corrected chi connectivity index (χ2v) is 5.73. The minimum absolute atomic E-state index is 0.0434. The van der Waals surface area contributed by atoms with Gasteiger partial charge in [-0.3, -0.25) is 9.48 Å². The number of rotatable bonds is 6. The highest BCUT2D eigenvalue weighted by Gasteiger charge is 2.19. The first kappa shape index (κ1) is 15.2. The van der Waals surface area contributed by atoms with E-state index >= 15 is 0 Å². The molecule has 0 aliphatic rings. The summed E-state index contributed by atoms with van der Waals surface area (Å²) in [4.78, 5) is 12.1. The summed E-state index contributed by atoms with van der Waals surface area (Å²) in [5, 5.41) is 8.21. The van der Waals surface area contributed by atoms with Crippen molar-refractivity contribution in [2.24, 2.45) is 5.41 Å². The minimum Gasteiger partial charge on any atom is -0.350 e. The maximum Gasteiger partial charge on any atom is 0.269 e. The Morgan fingerprint density at radius 1 is 1.50 bits per heavy atom. The molecule has 4 nitrogen and oxygen atoms in total. The van der Waals surface area contributed by atoms with Crippen molar-refractivity contribution < 1.29 is 4.79 Å². The van der Waals surface area contributed by atoms with Gasteiger partial charge in [-0.2, -0.15) is 5.10 Å². The van der Waals surface area contributed by atoms with Crippen molar-refractivity contribution >= 4 is 21.8 Å². The third-order valence-corrected chi connectivity index (χ3v) is 4.33. The van der Waals surface area contributed by atoms with Gasteiger partial charge >= 0.3 is 0 Å². The Morgan fingerprint density at radius 3 is 2.67 bits per heavy atom. The number of nitrogens with zero attached hydrogens (tertiary/aromatic N) is 2. The fourth-order valence-electron chi connectivity index (χ4n) is 1.52. The predicted octanol–water partition coefficient (Wildman–Crippen LogP) is 2.62. The molecule has 0 atom stereocenters. The van der Waals surface area contributed by atoms with E-state index in [-0.39, 0.29) is 11.3 Å². The van der Waals surface area contributed by atoms with E-state index in [1.807, 2.05) is 19.9 Å². The number of hydrogen-bond acceptors (Lipinski definition) is 2. The van der Waals surface area contributed by atoms with E-state index in [0.29, 0.717) is 18.8 Å². The Kier molecular flexibility index (Phi) is 5.38. The van der Waals surface area contributed by atoms with Gasteiger partial charge in [0.2, 0.25) is 0 Å². The number of aromatic nitrogens is 2. The van der Waals surface area contributed by atoms with Gasteiger partial charge in [0.05, 0.1) is 5.69 Å². The number of nitrogens with one attached hydrogen (secondary N) is 1. The molecule has 0 radical (unpaired) electrons. The van der Waals surface area contributed by atoms with Gasteiger partial charge in [-0.1, -0.05) is 36.7 Å². The van der Waals surface area contributed by atoms with E-state index in [9.17, 15) is 4.79 Å². The Hall–Kier alpha value is -0.840. The highest BCUT2D eigenvalue weighted by molar-refractivity contribution is 9.09. The van der Waals surface area contributed by atoms with Gasteiger partial charge in [0, 0.05) is 18.4 Å². The lowest BCUT2D eigenvalue weighted by Gasteiger charge is -2.21. The average Bonchev–Trinajstić information content (AvgIpc) is 2.79. The fraction of sp³-hybridized carbons (Fsp3) is 0.692. The molecule has 0 aromatic carbocycles. The van der Waals surface area contributed by atoms with Gasteiger partial charge in [0.25, 0.3) is 5.91 Å². The molecule has 0 fully saturated rings. The van der Waals surface area contributed by atoms with Crippen LogP contribution in [0, 0.1) is 5.41 Å². The molecule has 1 aromatic heterocycles. The smallest absolute Gasteiger partial charge is 0.269 e. The molecule has 0 aliphatic carbocycles. The molecule has 1 N–H and O–H groups in total. The van der Waals surface area contributed by atoms with Crippen molar-refractivity contribution in [1.82, 2.24) is 15.1 Å². The SMILES string of the molecule is CCc1cc(C(=O)NCC(C)(C)CBr)n(CC)n1. The number of carbonyl (C=O) groups excluding carboxylic acids is 1. The molecular formula is C13H22BrN3O. The summed E-state index contributed by atoms with van der Waals surface area (Å²) in [5.74, 6) is -0.0434. The molecule has 0 spiro atoms. The molecule has 1 heterocycles. The van der Waals surface area contributed by atoms with Gasteiger partial charge < -0.3 is 5.32 Å². The van der Waals surface area contributed by atoms with E-state index < -0.39 is 0 Å². The monoisotopic (exact) mass is 315 g/mol. The number of halogens is 1. The Morgan fingerprint density at radius 2 is 2.17 bits per heavy atom. The Balaban J connectivity index is 2.75. The summed E-state index contributed by atoms with van der Waals surface area (Å²) in [7, 11) is 0. The zero-order valence-electron chi connectivity index (χ0n) is 11.6. The molecule has 1 amide bonds. The molecular weight excluding hydrogens is 294 g/mol. The van der Waals surface area contributed by atoms with Gasteiger partial charge in [0.15, 0.2) is 0 Å². The molecule has 1 aromatic rings. The average molecular weight is 316 g/mol. The molecule has 0 saturated heterocycles. The van der Waals surface area contributed by atoms with Crippen molar-refractivity contribution in [3.63, 3.8) is 0 Å². The summed E-state index contributed by atoms with van der Waals surface area (Å²) < 4.78 is 1.76. The number of amides is 1. The number of alkyl halides is 1. The van der Waals surface area contributed by atoms with Crippen LogP contribution in [0.25, 0.3) is 0 Å².